The fourth-order valence-corrected chi connectivity index (χ4v) is 9.64. The van der Waals surface area contributed by atoms with Crippen LogP contribution in [0.15, 0.2) is 158 Å². The minimum absolute atomic E-state index is 0.00939. The van der Waals surface area contributed by atoms with Gasteiger partial charge in [0, 0.05) is 55.7 Å². The number of hydrogen-bond acceptors (Lipinski definition) is 2. The zero-order valence-corrected chi connectivity index (χ0v) is 38.9. The molecule has 8 aromatic carbocycles. The molecule has 0 N–H and O–H groups in total. The summed E-state index contributed by atoms with van der Waals surface area (Å²) in [7, 11) is 0. The first-order chi connectivity index (χ1) is 29.9. The number of rotatable bonds is 6. The van der Waals surface area contributed by atoms with E-state index in [2.05, 4.69) is 248 Å². The molecule has 0 aliphatic rings. The molecule has 0 atom stereocenters. The molecule has 3 nitrogen and oxygen atoms in total. The number of hydrogen-bond donors (Lipinski definition) is 0. The lowest BCUT2D eigenvalue weighted by Crippen LogP contribution is -2.13. The molecule has 2 aromatic heterocycles. The SMILES string of the molecule is Cc1ccc(N(c2ccc(C(C)(C)C)cc2)c2ccc3cc4c5ccc(N(c6ccc(C(C)(C)C)cc6)c6cccc(C)c6)cc5n5c6cc(C(C)(C)C)ccc6c(c3c2)c45)cc1. The van der Waals surface area contributed by atoms with Crippen molar-refractivity contribution >= 4 is 83.0 Å². The van der Waals surface area contributed by atoms with Crippen molar-refractivity contribution in [2.45, 2.75) is 92.4 Å². The molecule has 0 aliphatic carbocycles. The van der Waals surface area contributed by atoms with E-state index in [1.54, 1.807) is 0 Å². The van der Waals surface area contributed by atoms with Gasteiger partial charge in [0.15, 0.2) is 0 Å². The van der Waals surface area contributed by atoms with Crippen LogP contribution in [0.5, 0.6) is 0 Å². The van der Waals surface area contributed by atoms with Crippen LogP contribution in [0.3, 0.4) is 0 Å². The van der Waals surface area contributed by atoms with Crippen molar-refractivity contribution in [3.63, 3.8) is 0 Å². The number of aromatic nitrogens is 1. The Labute approximate surface area is 373 Å². The number of nitrogens with zero attached hydrogens (tertiary/aromatic N) is 3. The highest BCUT2D eigenvalue weighted by Crippen LogP contribution is 2.48. The Kier molecular flexibility index (Phi) is 9.31. The van der Waals surface area contributed by atoms with Gasteiger partial charge in [0.25, 0.3) is 0 Å². The van der Waals surface area contributed by atoms with E-state index in [4.69, 9.17) is 0 Å². The second-order valence-electron chi connectivity index (χ2n) is 21.0. The van der Waals surface area contributed by atoms with Gasteiger partial charge in [0.2, 0.25) is 0 Å². The lowest BCUT2D eigenvalue weighted by atomic mass is 9.86. The molecule has 0 fully saturated rings. The second-order valence-corrected chi connectivity index (χ2v) is 21.0. The molecule has 0 aliphatic heterocycles. The molecular weight excluding hydrogens is 763 g/mol. The Balaban J connectivity index is 1.24. The van der Waals surface area contributed by atoms with E-state index in [9.17, 15) is 0 Å². The lowest BCUT2D eigenvalue weighted by molar-refractivity contribution is 0.590. The molecule has 0 radical (unpaired) electrons. The molecule has 314 valence electrons. The molecule has 0 amide bonds. The van der Waals surface area contributed by atoms with Gasteiger partial charge in [-0.3, -0.25) is 0 Å². The van der Waals surface area contributed by atoms with Gasteiger partial charge in [0.05, 0.1) is 16.6 Å². The maximum atomic E-state index is 2.57. The van der Waals surface area contributed by atoms with Crippen molar-refractivity contribution in [1.29, 1.82) is 0 Å². The van der Waals surface area contributed by atoms with Crippen LogP contribution < -0.4 is 9.80 Å². The smallest absolute Gasteiger partial charge is 0.0627 e. The molecule has 10 aromatic rings. The molecule has 63 heavy (non-hydrogen) atoms. The highest BCUT2D eigenvalue weighted by molar-refractivity contribution is 6.31. The van der Waals surface area contributed by atoms with Gasteiger partial charge >= 0.3 is 0 Å². The molecule has 0 spiro atoms. The fourth-order valence-electron chi connectivity index (χ4n) is 9.64. The summed E-state index contributed by atoms with van der Waals surface area (Å²) in [5, 5.41) is 7.63. The van der Waals surface area contributed by atoms with Crippen LogP contribution >= 0.6 is 0 Å². The quantitative estimate of drug-likeness (QED) is 0.165. The predicted molar refractivity (Wildman–Crippen MR) is 274 cm³/mol. The summed E-state index contributed by atoms with van der Waals surface area (Å²) < 4.78 is 2.57. The van der Waals surface area contributed by atoms with Crippen LogP contribution in [0.2, 0.25) is 0 Å². The number of aryl methyl sites for hydroxylation is 2. The van der Waals surface area contributed by atoms with Gasteiger partial charge < -0.3 is 14.2 Å². The summed E-state index contributed by atoms with van der Waals surface area (Å²) in [5.74, 6) is 0. The van der Waals surface area contributed by atoms with Crippen molar-refractivity contribution in [2.75, 3.05) is 9.80 Å². The molecular formula is C60H59N3. The maximum Gasteiger partial charge on any atom is 0.0627 e. The minimum atomic E-state index is -0.00939. The summed E-state index contributed by atoms with van der Waals surface area (Å²) in [6, 6.07) is 59.9. The van der Waals surface area contributed by atoms with E-state index < -0.39 is 0 Å². The average molecular weight is 822 g/mol. The Bertz CT molecular complexity index is 3330. The average Bonchev–Trinajstić information content (AvgIpc) is 3.75. The number of fused-ring (bicyclic) bond motifs is 8. The highest BCUT2D eigenvalue weighted by atomic mass is 15.1. The zero-order chi connectivity index (χ0) is 44.2. The van der Waals surface area contributed by atoms with E-state index in [0.717, 1.165) is 34.1 Å². The summed E-state index contributed by atoms with van der Waals surface area (Å²) in [5.41, 5.74) is 17.2. The number of anilines is 6. The topological polar surface area (TPSA) is 10.9 Å². The summed E-state index contributed by atoms with van der Waals surface area (Å²) >= 11 is 0. The zero-order valence-electron chi connectivity index (χ0n) is 38.9. The van der Waals surface area contributed by atoms with Crippen molar-refractivity contribution in [3.8, 4) is 0 Å². The van der Waals surface area contributed by atoms with E-state index in [0.29, 0.717) is 0 Å². The first kappa shape index (κ1) is 40.5. The van der Waals surface area contributed by atoms with E-state index in [-0.39, 0.29) is 16.2 Å². The maximum absolute atomic E-state index is 2.57. The van der Waals surface area contributed by atoms with Crippen LogP contribution in [0, 0.1) is 13.8 Å². The number of benzene rings is 8. The van der Waals surface area contributed by atoms with Crippen LogP contribution in [-0.4, -0.2) is 4.40 Å². The Morgan fingerprint density at radius 1 is 0.349 bits per heavy atom. The largest absolute Gasteiger partial charge is 0.310 e. The fraction of sp³-hybridized carbons (Fsp3) is 0.233. The summed E-state index contributed by atoms with van der Waals surface area (Å²) in [6.45, 7) is 25.0. The van der Waals surface area contributed by atoms with Gasteiger partial charge in [-0.25, -0.2) is 0 Å². The van der Waals surface area contributed by atoms with Crippen molar-refractivity contribution in [2.24, 2.45) is 0 Å². The van der Waals surface area contributed by atoms with Gasteiger partial charge in [-0.2, -0.15) is 0 Å². The first-order valence-electron chi connectivity index (χ1n) is 22.6. The van der Waals surface area contributed by atoms with Crippen LogP contribution in [-0.2, 0) is 16.2 Å². The van der Waals surface area contributed by atoms with Crippen LogP contribution in [0.25, 0.3) is 48.9 Å². The first-order valence-corrected chi connectivity index (χ1v) is 22.6. The molecule has 3 heteroatoms. The minimum Gasteiger partial charge on any atom is -0.310 e. The van der Waals surface area contributed by atoms with E-state index >= 15 is 0 Å². The third-order valence-electron chi connectivity index (χ3n) is 13.3. The standard InChI is InChI=1S/C60H59N3/c1-38-15-23-44(24-16-38)61(45-26-18-41(19-27-45)58(3,4)5)48-25-17-40-34-53-50-32-30-49(62(47-14-12-13-39(2)33-47)46-28-20-42(21-29-46)59(6,7)8)37-55(50)63-54-35-43(60(9,10)11)22-31-51(54)56(57(53)63)52(40)36-48/h12-37H,1-11H3. The third kappa shape index (κ3) is 6.99. The second kappa shape index (κ2) is 14.5. The predicted octanol–water partition coefficient (Wildman–Crippen LogP) is 17.4. The van der Waals surface area contributed by atoms with E-state index in [1.165, 1.54) is 76.7 Å². The molecule has 0 unspecified atom stereocenters. The Morgan fingerprint density at radius 3 is 1.41 bits per heavy atom. The Hall–Kier alpha value is -6.58. The molecule has 0 saturated heterocycles. The van der Waals surface area contributed by atoms with Gasteiger partial charge in [-0.05, 0) is 148 Å². The normalized spacial score (nSPS) is 12.7. The van der Waals surface area contributed by atoms with Crippen molar-refractivity contribution in [1.82, 2.24) is 4.40 Å². The molecule has 10 rings (SSSR count). The van der Waals surface area contributed by atoms with Gasteiger partial charge in [-0.15, -0.1) is 0 Å². The molecule has 0 saturated carbocycles. The third-order valence-corrected chi connectivity index (χ3v) is 13.3. The van der Waals surface area contributed by atoms with E-state index in [1.807, 2.05) is 0 Å². The molecule has 2 heterocycles. The highest BCUT2D eigenvalue weighted by Gasteiger charge is 2.25. The Morgan fingerprint density at radius 2 is 0.825 bits per heavy atom. The monoisotopic (exact) mass is 821 g/mol. The van der Waals surface area contributed by atoms with Gasteiger partial charge in [-0.1, -0.05) is 141 Å². The van der Waals surface area contributed by atoms with Crippen molar-refractivity contribution in [3.05, 3.63) is 186 Å². The summed E-state index contributed by atoms with van der Waals surface area (Å²) in [4.78, 5) is 4.83. The van der Waals surface area contributed by atoms with Gasteiger partial charge in [0.1, 0.15) is 0 Å². The van der Waals surface area contributed by atoms with Crippen molar-refractivity contribution < 1.29 is 0 Å². The lowest BCUT2D eigenvalue weighted by Gasteiger charge is -2.27. The summed E-state index contributed by atoms with van der Waals surface area (Å²) in [6.07, 6.45) is 0. The van der Waals surface area contributed by atoms with Crippen LogP contribution in [0.1, 0.15) is 90.1 Å². The van der Waals surface area contributed by atoms with Crippen LogP contribution in [0.4, 0.5) is 34.1 Å². The molecule has 0 bridgehead atoms.